The quantitative estimate of drug-likeness (QED) is 0.459. The third kappa shape index (κ3) is 1.88. The molecule has 2 rings (SSSR count). The van der Waals surface area contributed by atoms with E-state index < -0.39 is 0 Å². The highest BCUT2D eigenvalue weighted by molar-refractivity contribution is 5.98. The topological polar surface area (TPSA) is 50.4 Å². The Morgan fingerprint density at radius 2 is 2.07 bits per heavy atom. The van der Waals surface area contributed by atoms with E-state index in [0.717, 1.165) is 11.3 Å². The summed E-state index contributed by atoms with van der Waals surface area (Å²) in [5.41, 5.74) is 2.48. The molecule has 2 aromatic rings. The zero-order valence-corrected chi connectivity index (χ0v) is 8.33. The van der Waals surface area contributed by atoms with E-state index in [1.165, 1.54) is 0 Å². The normalized spacial score (nSPS) is 11.7. The van der Waals surface area contributed by atoms with Crippen LogP contribution in [0.4, 0.5) is 0 Å². The standard InChI is InChI=1S/C11H11N3O/c1-9(13-15)10-3-5-11(6-4-10)14-8-2-7-12-14/h2-8,15H,1H3/b13-9+. The Hall–Kier alpha value is -2.10. The summed E-state index contributed by atoms with van der Waals surface area (Å²) >= 11 is 0. The third-order valence-corrected chi connectivity index (χ3v) is 2.20. The minimum Gasteiger partial charge on any atom is -0.411 e. The van der Waals surface area contributed by atoms with E-state index in [0.29, 0.717) is 5.71 Å². The summed E-state index contributed by atoms with van der Waals surface area (Å²) < 4.78 is 1.77. The van der Waals surface area contributed by atoms with Gasteiger partial charge in [0.05, 0.1) is 11.4 Å². The van der Waals surface area contributed by atoms with Crippen LogP contribution in [-0.2, 0) is 0 Å². The molecular weight excluding hydrogens is 190 g/mol. The van der Waals surface area contributed by atoms with Crippen molar-refractivity contribution in [2.75, 3.05) is 0 Å². The number of rotatable bonds is 2. The van der Waals surface area contributed by atoms with Gasteiger partial charge in [0.1, 0.15) is 0 Å². The average Bonchev–Trinajstić information content (AvgIpc) is 2.82. The van der Waals surface area contributed by atoms with E-state index in [-0.39, 0.29) is 0 Å². The molecule has 0 spiro atoms. The molecule has 0 aliphatic heterocycles. The van der Waals surface area contributed by atoms with Crippen molar-refractivity contribution >= 4 is 5.71 Å². The summed E-state index contributed by atoms with van der Waals surface area (Å²) in [6, 6.07) is 9.51. The van der Waals surface area contributed by atoms with E-state index >= 15 is 0 Å². The Labute approximate surface area is 87.5 Å². The smallest absolute Gasteiger partial charge is 0.0836 e. The lowest BCUT2D eigenvalue weighted by molar-refractivity contribution is 0.319. The van der Waals surface area contributed by atoms with Crippen molar-refractivity contribution in [2.45, 2.75) is 6.92 Å². The molecule has 4 nitrogen and oxygen atoms in total. The molecule has 0 fully saturated rings. The highest BCUT2D eigenvalue weighted by atomic mass is 16.4. The van der Waals surface area contributed by atoms with Crippen LogP contribution in [0.2, 0.25) is 0 Å². The predicted molar refractivity (Wildman–Crippen MR) is 57.6 cm³/mol. The fourth-order valence-corrected chi connectivity index (χ4v) is 1.33. The van der Waals surface area contributed by atoms with Gasteiger partial charge < -0.3 is 5.21 Å². The second kappa shape index (κ2) is 3.96. The molecule has 0 amide bonds. The van der Waals surface area contributed by atoms with Crippen LogP contribution in [0.1, 0.15) is 12.5 Å². The van der Waals surface area contributed by atoms with Crippen LogP contribution in [0.5, 0.6) is 0 Å². The van der Waals surface area contributed by atoms with Crippen LogP contribution < -0.4 is 0 Å². The van der Waals surface area contributed by atoms with Crippen molar-refractivity contribution in [2.24, 2.45) is 5.16 Å². The summed E-state index contributed by atoms with van der Waals surface area (Å²) in [7, 11) is 0. The summed E-state index contributed by atoms with van der Waals surface area (Å²) in [6.45, 7) is 1.75. The van der Waals surface area contributed by atoms with E-state index in [1.54, 1.807) is 17.8 Å². The maximum atomic E-state index is 8.61. The first-order valence-corrected chi connectivity index (χ1v) is 4.60. The largest absolute Gasteiger partial charge is 0.411 e. The van der Waals surface area contributed by atoms with Gasteiger partial charge in [-0.15, -0.1) is 0 Å². The van der Waals surface area contributed by atoms with Gasteiger partial charge in [-0.05, 0) is 30.7 Å². The van der Waals surface area contributed by atoms with Gasteiger partial charge in [0.15, 0.2) is 0 Å². The van der Waals surface area contributed by atoms with Crippen LogP contribution in [0.15, 0.2) is 47.9 Å². The Balaban J connectivity index is 2.33. The van der Waals surface area contributed by atoms with Gasteiger partial charge in [-0.3, -0.25) is 0 Å². The van der Waals surface area contributed by atoms with E-state index in [9.17, 15) is 0 Å². The first kappa shape index (κ1) is 9.45. The maximum absolute atomic E-state index is 8.61. The summed E-state index contributed by atoms with van der Waals surface area (Å²) in [5.74, 6) is 0. The fourth-order valence-electron chi connectivity index (χ4n) is 1.33. The SMILES string of the molecule is C/C(=N\O)c1ccc(-n2cccn2)cc1. The molecule has 0 radical (unpaired) electrons. The van der Waals surface area contributed by atoms with Crippen molar-refractivity contribution < 1.29 is 5.21 Å². The molecule has 1 aromatic carbocycles. The Morgan fingerprint density at radius 1 is 1.33 bits per heavy atom. The average molecular weight is 201 g/mol. The van der Waals surface area contributed by atoms with Crippen LogP contribution >= 0.6 is 0 Å². The third-order valence-electron chi connectivity index (χ3n) is 2.20. The Bertz CT molecular complexity index is 457. The van der Waals surface area contributed by atoms with Gasteiger partial charge in [-0.2, -0.15) is 5.10 Å². The minimum absolute atomic E-state index is 0.599. The van der Waals surface area contributed by atoms with Gasteiger partial charge in [-0.25, -0.2) is 4.68 Å². The second-order valence-corrected chi connectivity index (χ2v) is 3.18. The molecule has 15 heavy (non-hydrogen) atoms. The van der Waals surface area contributed by atoms with Crippen molar-refractivity contribution in [1.82, 2.24) is 9.78 Å². The lowest BCUT2D eigenvalue weighted by Crippen LogP contribution is -1.97. The summed E-state index contributed by atoms with van der Waals surface area (Å²) in [6.07, 6.45) is 3.61. The van der Waals surface area contributed by atoms with Crippen molar-refractivity contribution in [1.29, 1.82) is 0 Å². The summed E-state index contributed by atoms with van der Waals surface area (Å²) in [5, 5.41) is 15.9. The number of hydrogen-bond donors (Lipinski definition) is 1. The zero-order valence-electron chi connectivity index (χ0n) is 8.33. The molecule has 0 atom stereocenters. The fraction of sp³-hybridized carbons (Fsp3) is 0.0909. The molecule has 0 saturated carbocycles. The molecule has 4 heteroatoms. The van der Waals surface area contributed by atoms with Crippen LogP contribution in [0, 0.1) is 0 Å². The molecular formula is C11H11N3O. The maximum Gasteiger partial charge on any atom is 0.0836 e. The van der Waals surface area contributed by atoms with Gasteiger partial charge in [0.2, 0.25) is 0 Å². The number of nitrogens with zero attached hydrogens (tertiary/aromatic N) is 3. The van der Waals surface area contributed by atoms with Crippen LogP contribution in [0.3, 0.4) is 0 Å². The van der Waals surface area contributed by atoms with Gasteiger partial charge in [-0.1, -0.05) is 17.3 Å². The molecule has 1 N–H and O–H groups in total. The van der Waals surface area contributed by atoms with E-state index in [2.05, 4.69) is 10.3 Å². The van der Waals surface area contributed by atoms with E-state index in [4.69, 9.17) is 5.21 Å². The second-order valence-electron chi connectivity index (χ2n) is 3.18. The summed E-state index contributed by atoms with van der Waals surface area (Å²) in [4.78, 5) is 0. The van der Waals surface area contributed by atoms with Gasteiger partial charge in [0, 0.05) is 12.4 Å². The minimum atomic E-state index is 0.599. The monoisotopic (exact) mass is 201 g/mol. The van der Waals surface area contributed by atoms with Crippen molar-refractivity contribution in [3.8, 4) is 5.69 Å². The number of benzene rings is 1. The number of oxime groups is 1. The van der Waals surface area contributed by atoms with Crippen molar-refractivity contribution in [3.05, 3.63) is 48.3 Å². The first-order chi connectivity index (χ1) is 7.31. The molecule has 76 valence electrons. The van der Waals surface area contributed by atoms with Crippen molar-refractivity contribution in [3.63, 3.8) is 0 Å². The molecule has 1 heterocycles. The number of hydrogen-bond acceptors (Lipinski definition) is 3. The zero-order chi connectivity index (χ0) is 10.7. The highest BCUT2D eigenvalue weighted by Crippen LogP contribution is 2.09. The van der Waals surface area contributed by atoms with E-state index in [1.807, 2.05) is 36.5 Å². The first-order valence-electron chi connectivity index (χ1n) is 4.60. The molecule has 1 aromatic heterocycles. The Morgan fingerprint density at radius 3 is 2.60 bits per heavy atom. The predicted octanol–water partition coefficient (Wildman–Crippen LogP) is 2.07. The molecule has 0 aliphatic rings. The molecule has 0 aliphatic carbocycles. The molecule has 0 saturated heterocycles. The number of aromatic nitrogens is 2. The van der Waals surface area contributed by atoms with Crippen LogP contribution in [0.25, 0.3) is 5.69 Å². The Kier molecular flexibility index (Phi) is 2.49. The van der Waals surface area contributed by atoms with Crippen LogP contribution in [-0.4, -0.2) is 20.7 Å². The lowest BCUT2D eigenvalue weighted by atomic mass is 10.1. The van der Waals surface area contributed by atoms with Gasteiger partial charge in [0.25, 0.3) is 0 Å². The molecule has 0 bridgehead atoms. The lowest BCUT2D eigenvalue weighted by Gasteiger charge is -2.02. The van der Waals surface area contributed by atoms with Gasteiger partial charge >= 0.3 is 0 Å². The highest BCUT2D eigenvalue weighted by Gasteiger charge is 1.99. The molecule has 0 unspecified atom stereocenters.